The van der Waals surface area contributed by atoms with E-state index < -0.39 is 11.3 Å². The third-order valence-electron chi connectivity index (χ3n) is 3.07. The molecule has 1 aromatic rings. The molecule has 1 fully saturated rings. The highest BCUT2D eigenvalue weighted by Gasteiger charge is 2.69. The Labute approximate surface area is 85.9 Å². The van der Waals surface area contributed by atoms with Crippen LogP contribution in [0.4, 0.5) is 8.78 Å². The fourth-order valence-electron chi connectivity index (χ4n) is 1.79. The third-order valence-corrected chi connectivity index (χ3v) is 3.81. The van der Waals surface area contributed by atoms with Crippen LogP contribution < -0.4 is 5.73 Å². The van der Waals surface area contributed by atoms with Crippen LogP contribution in [0, 0.1) is 5.41 Å². The van der Waals surface area contributed by atoms with Crippen molar-refractivity contribution in [3.05, 3.63) is 22.4 Å². The SMILES string of the molecule is NCC1(CCc2ccsc2)CC1(F)F. The van der Waals surface area contributed by atoms with Gasteiger partial charge in [-0.15, -0.1) is 0 Å². The molecule has 1 aliphatic rings. The quantitative estimate of drug-likeness (QED) is 0.824. The van der Waals surface area contributed by atoms with Crippen molar-refractivity contribution in [1.29, 1.82) is 0 Å². The molecule has 14 heavy (non-hydrogen) atoms. The largest absolute Gasteiger partial charge is 0.330 e. The summed E-state index contributed by atoms with van der Waals surface area (Å²) in [6.45, 7) is 0.101. The molecule has 0 amide bonds. The third kappa shape index (κ3) is 1.57. The second kappa shape index (κ2) is 3.28. The second-order valence-electron chi connectivity index (χ2n) is 4.00. The molecule has 2 rings (SSSR count). The van der Waals surface area contributed by atoms with Crippen molar-refractivity contribution in [3.8, 4) is 0 Å². The normalized spacial score (nSPS) is 29.1. The first-order valence-corrected chi connectivity index (χ1v) is 5.63. The monoisotopic (exact) mass is 217 g/mol. The van der Waals surface area contributed by atoms with Gasteiger partial charge in [0.25, 0.3) is 5.92 Å². The molecule has 1 unspecified atom stereocenters. The topological polar surface area (TPSA) is 26.0 Å². The number of hydrogen-bond donors (Lipinski definition) is 1. The minimum Gasteiger partial charge on any atom is -0.330 e. The van der Waals surface area contributed by atoms with Gasteiger partial charge in [-0.2, -0.15) is 11.3 Å². The number of aryl methyl sites for hydroxylation is 1. The predicted octanol–water partition coefficient (Wildman–Crippen LogP) is 2.66. The fraction of sp³-hybridized carbons (Fsp3) is 0.600. The maximum Gasteiger partial charge on any atom is 0.255 e. The van der Waals surface area contributed by atoms with E-state index in [-0.39, 0.29) is 13.0 Å². The lowest BCUT2D eigenvalue weighted by molar-refractivity contribution is 0.0634. The molecule has 1 aliphatic carbocycles. The summed E-state index contributed by atoms with van der Waals surface area (Å²) in [5.41, 5.74) is 5.66. The Morgan fingerprint density at radius 3 is 2.64 bits per heavy atom. The molecule has 1 heterocycles. The molecule has 1 nitrogen and oxygen atoms in total. The molecule has 4 heteroatoms. The summed E-state index contributed by atoms with van der Waals surface area (Å²) in [4.78, 5) is 0. The summed E-state index contributed by atoms with van der Waals surface area (Å²) in [6, 6.07) is 1.98. The van der Waals surface area contributed by atoms with Gasteiger partial charge in [0.15, 0.2) is 0 Å². The molecular weight excluding hydrogens is 204 g/mol. The van der Waals surface area contributed by atoms with E-state index in [0.717, 1.165) is 12.0 Å². The lowest BCUT2D eigenvalue weighted by atomic mass is 9.97. The van der Waals surface area contributed by atoms with Gasteiger partial charge in [0.1, 0.15) is 0 Å². The molecular formula is C10H13F2NS. The lowest BCUT2D eigenvalue weighted by Gasteiger charge is -2.12. The summed E-state index contributed by atoms with van der Waals surface area (Å²) in [7, 11) is 0. The molecule has 2 N–H and O–H groups in total. The number of rotatable bonds is 4. The van der Waals surface area contributed by atoms with Crippen molar-refractivity contribution in [2.75, 3.05) is 6.54 Å². The maximum absolute atomic E-state index is 13.0. The van der Waals surface area contributed by atoms with Crippen molar-refractivity contribution >= 4 is 11.3 Å². The maximum atomic E-state index is 13.0. The van der Waals surface area contributed by atoms with Crippen molar-refractivity contribution < 1.29 is 8.78 Å². The fourth-order valence-corrected chi connectivity index (χ4v) is 2.50. The predicted molar refractivity (Wildman–Crippen MR) is 53.7 cm³/mol. The Morgan fingerprint density at radius 2 is 2.21 bits per heavy atom. The number of hydrogen-bond acceptors (Lipinski definition) is 2. The average Bonchev–Trinajstić information content (AvgIpc) is 2.56. The molecule has 0 saturated heterocycles. The van der Waals surface area contributed by atoms with E-state index in [0.29, 0.717) is 6.42 Å². The Morgan fingerprint density at radius 1 is 1.50 bits per heavy atom. The molecule has 0 bridgehead atoms. The van der Waals surface area contributed by atoms with Crippen LogP contribution in [0.25, 0.3) is 0 Å². The van der Waals surface area contributed by atoms with Gasteiger partial charge in [-0.05, 0) is 35.2 Å². The average molecular weight is 217 g/mol. The number of thiophene rings is 1. The van der Waals surface area contributed by atoms with Gasteiger partial charge >= 0.3 is 0 Å². The van der Waals surface area contributed by atoms with Gasteiger partial charge in [0.2, 0.25) is 0 Å². The van der Waals surface area contributed by atoms with Crippen LogP contribution in [0.3, 0.4) is 0 Å². The highest BCUT2D eigenvalue weighted by Crippen LogP contribution is 2.62. The molecule has 0 aromatic carbocycles. The van der Waals surface area contributed by atoms with E-state index in [1.807, 2.05) is 16.8 Å². The minimum atomic E-state index is -2.52. The van der Waals surface area contributed by atoms with E-state index in [1.165, 1.54) is 0 Å². The van der Waals surface area contributed by atoms with Crippen molar-refractivity contribution in [2.45, 2.75) is 25.2 Å². The highest BCUT2D eigenvalue weighted by molar-refractivity contribution is 7.07. The van der Waals surface area contributed by atoms with E-state index in [2.05, 4.69) is 0 Å². The molecule has 78 valence electrons. The zero-order valence-electron chi connectivity index (χ0n) is 7.80. The standard InChI is InChI=1S/C10H13F2NS/c11-10(12)6-9(10,7-13)3-1-8-2-4-14-5-8/h2,4-5H,1,3,6-7,13H2. The first kappa shape index (κ1) is 10.1. The van der Waals surface area contributed by atoms with E-state index in [9.17, 15) is 8.78 Å². The van der Waals surface area contributed by atoms with Crippen LogP contribution in [0.2, 0.25) is 0 Å². The summed E-state index contributed by atoms with van der Waals surface area (Å²) in [5, 5.41) is 3.97. The number of halogens is 2. The zero-order valence-corrected chi connectivity index (χ0v) is 8.62. The van der Waals surface area contributed by atoms with Crippen LogP contribution in [0.1, 0.15) is 18.4 Å². The second-order valence-corrected chi connectivity index (χ2v) is 4.78. The highest BCUT2D eigenvalue weighted by atomic mass is 32.1. The molecule has 0 spiro atoms. The van der Waals surface area contributed by atoms with Gasteiger partial charge in [0.05, 0.1) is 5.41 Å². The Kier molecular flexibility index (Phi) is 2.35. The van der Waals surface area contributed by atoms with Crippen molar-refractivity contribution in [3.63, 3.8) is 0 Å². The Hall–Kier alpha value is -0.480. The number of alkyl halides is 2. The molecule has 1 aromatic heterocycles. The minimum absolute atomic E-state index is 0.0271. The summed E-state index contributed by atoms with van der Waals surface area (Å²) in [5.74, 6) is -2.52. The van der Waals surface area contributed by atoms with Gasteiger partial charge in [-0.25, -0.2) is 8.78 Å². The van der Waals surface area contributed by atoms with Crippen LogP contribution in [0.15, 0.2) is 16.8 Å². The smallest absolute Gasteiger partial charge is 0.255 e. The van der Waals surface area contributed by atoms with Gasteiger partial charge in [-0.1, -0.05) is 0 Å². The zero-order chi connectivity index (χ0) is 10.2. The van der Waals surface area contributed by atoms with Gasteiger partial charge in [-0.3, -0.25) is 0 Å². The Balaban J connectivity index is 1.92. The molecule has 0 aliphatic heterocycles. The number of nitrogens with two attached hydrogens (primary N) is 1. The van der Waals surface area contributed by atoms with Crippen molar-refractivity contribution in [2.24, 2.45) is 11.1 Å². The van der Waals surface area contributed by atoms with Crippen LogP contribution in [0.5, 0.6) is 0 Å². The van der Waals surface area contributed by atoms with Gasteiger partial charge < -0.3 is 5.73 Å². The lowest BCUT2D eigenvalue weighted by Crippen LogP contribution is -2.23. The van der Waals surface area contributed by atoms with E-state index >= 15 is 0 Å². The molecule has 1 saturated carbocycles. The summed E-state index contributed by atoms with van der Waals surface area (Å²) >= 11 is 1.60. The molecule has 1 atom stereocenters. The van der Waals surface area contributed by atoms with Crippen LogP contribution in [-0.4, -0.2) is 12.5 Å². The van der Waals surface area contributed by atoms with Crippen LogP contribution >= 0.6 is 11.3 Å². The van der Waals surface area contributed by atoms with E-state index in [4.69, 9.17) is 5.73 Å². The Bertz CT molecular complexity index is 310. The summed E-state index contributed by atoms with van der Waals surface area (Å²) in [6.07, 6.45) is 1.20. The van der Waals surface area contributed by atoms with Gasteiger partial charge in [0, 0.05) is 13.0 Å². The van der Waals surface area contributed by atoms with Crippen LogP contribution in [-0.2, 0) is 6.42 Å². The first-order valence-electron chi connectivity index (χ1n) is 4.69. The molecule has 0 radical (unpaired) electrons. The van der Waals surface area contributed by atoms with Crippen molar-refractivity contribution in [1.82, 2.24) is 0 Å². The van der Waals surface area contributed by atoms with E-state index in [1.54, 1.807) is 11.3 Å². The first-order chi connectivity index (χ1) is 6.60. The summed E-state index contributed by atoms with van der Waals surface area (Å²) < 4.78 is 26.0.